The lowest BCUT2D eigenvalue weighted by atomic mass is 10.1. The monoisotopic (exact) mass is 375 g/mol. The van der Waals surface area contributed by atoms with Crippen molar-refractivity contribution in [3.05, 3.63) is 59.6 Å². The van der Waals surface area contributed by atoms with Crippen LogP contribution in [0.2, 0.25) is 0 Å². The van der Waals surface area contributed by atoms with Gasteiger partial charge in [0.05, 0.1) is 16.0 Å². The maximum Gasteiger partial charge on any atom is 0.332 e. The molecule has 1 aromatic rings. The summed E-state index contributed by atoms with van der Waals surface area (Å²) in [6.45, 7) is 9.80. The molecule has 0 bridgehead atoms. The van der Waals surface area contributed by atoms with E-state index in [4.69, 9.17) is 12.2 Å². The summed E-state index contributed by atoms with van der Waals surface area (Å²) in [7, 11) is 0. The van der Waals surface area contributed by atoms with E-state index in [1.165, 1.54) is 11.0 Å². The highest BCUT2D eigenvalue weighted by atomic mass is 16.6. The lowest BCUT2D eigenvalue weighted by molar-refractivity contribution is -0.148. The topological polar surface area (TPSA) is 55.8 Å². The summed E-state index contributed by atoms with van der Waals surface area (Å²) in [6.07, 6.45) is 1.22. The molecule has 5 heteroatoms. The normalized spacial score (nSPS) is 14.0. The van der Waals surface area contributed by atoms with E-state index in [0.29, 0.717) is 19.7 Å². The highest BCUT2D eigenvalue weighted by Crippen LogP contribution is 2.11. The van der Waals surface area contributed by atoms with Gasteiger partial charge in [0.15, 0.2) is 0 Å². The Morgan fingerprint density at radius 1 is 1.15 bits per heavy atom. The first-order valence-corrected chi connectivity index (χ1v) is 9.11. The number of carbonyl (C=O) groups excluding carboxylic acids is 2. The minimum Gasteiger partial charge on any atom is -0.457 e. The fourth-order valence-electron chi connectivity index (χ4n) is 2.19. The molecule has 0 aliphatic rings. The predicted molar refractivity (Wildman–Crippen MR) is 107 cm³/mol. The van der Waals surface area contributed by atoms with Crippen LogP contribution in [0.1, 0.15) is 42.9 Å². The van der Waals surface area contributed by atoms with Crippen molar-refractivity contribution in [1.29, 1.82) is 0 Å². The average molecular weight is 376 g/mol. The molecule has 0 aliphatic carbocycles. The summed E-state index contributed by atoms with van der Waals surface area (Å²) >= 11 is 0. The molecule has 0 saturated heterocycles. The maximum absolute atomic E-state index is 12.8. The quantitative estimate of drug-likeness (QED) is 0.373. The third-order valence-corrected chi connectivity index (χ3v) is 3.46. The van der Waals surface area contributed by atoms with E-state index in [1.807, 2.05) is 44.2 Å². The Labute approximate surface area is 165 Å². The van der Waals surface area contributed by atoms with Gasteiger partial charge in [-0.1, -0.05) is 42.5 Å². The van der Waals surface area contributed by atoms with Crippen molar-refractivity contribution in [3.8, 4) is 0 Å². The number of likely N-dealkylation sites (N-methyl/N-ethyl adjacent to an activating group) is 1. The van der Waals surface area contributed by atoms with Gasteiger partial charge in [-0.05, 0) is 40.2 Å². The highest BCUT2D eigenvalue weighted by molar-refractivity contribution is 6.01. The number of rotatable bonds is 9. The number of benzene rings is 1. The van der Waals surface area contributed by atoms with Gasteiger partial charge in [-0.2, -0.15) is 0 Å². The Bertz CT molecular complexity index is 748. The first-order valence-electron chi connectivity index (χ1n) is 10.1. The van der Waals surface area contributed by atoms with Gasteiger partial charge >= 0.3 is 5.97 Å². The lowest BCUT2D eigenvalue weighted by Gasteiger charge is -2.20. The second kappa shape index (κ2) is 11.3. The first-order chi connectivity index (χ1) is 13.6. The molecule has 5 nitrogen and oxygen atoms in total. The van der Waals surface area contributed by atoms with Crippen molar-refractivity contribution < 1.29 is 21.8 Å². The molecule has 0 aliphatic heterocycles. The lowest BCUT2D eigenvalue weighted by Crippen LogP contribution is -2.32. The SMILES string of the molecule is [2H]/C(C(=O)OC(C)(C)C)=C(\C=C(/[2H])COCc1ccccc1)C(=O)N(CC)CC. The molecule has 1 amide bonds. The number of amides is 1. The van der Waals surface area contributed by atoms with Gasteiger partial charge in [-0.3, -0.25) is 4.79 Å². The van der Waals surface area contributed by atoms with Gasteiger partial charge in [0.25, 0.3) is 5.91 Å². The van der Waals surface area contributed by atoms with E-state index in [2.05, 4.69) is 0 Å². The molecule has 0 heterocycles. The molecule has 0 radical (unpaired) electrons. The second-order valence-corrected chi connectivity index (χ2v) is 6.84. The summed E-state index contributed by atoms with van der Waals surface area (Å²) in [4.78, 5) is 26.6. The van der Waals surface area contributed by atoms with Crippen LogP contribution >= 0.6 is 0 Å². The molecular weight excluding hydrogens is 342 g/mol. The van der Waals surface area contributed by atoms with Crippen LogP contribution in [-0.4, -0.2) is 42.1 Å². The van der Waals surface area contributed by atoms with Crippen LogP contribution in [0.15, 0.2) is 54.1 Å². The standard InChI is InChI=1S/C22H31NO4/c1-6-23(7-2)21(25)19(16-20(24)27-22(3,4)5)14-11-15-26-17-18-12-9-8-10-13-18/h8-14,16H,6-7,15,17H2,1-5H3/b14-11+,19-16-/i11D,16D. The fourth-order valence-corrected chi connectivity index (χ4v) is 2.19. The Morgan fingerprint density at radius 2 is 1.78 bits per heavy atom. The molecule has 1 rings (SSSR count). The van der Waals surface area contributed by atoms with E-state index >= 15 is 0 Å². The van der Waals surface area contributed by atoms with E-state index in [0.717, 1.165) is 5.56 Å². The Balaban J connectivity index is 3.05. The molecule has 0 N–H and O–H groups in total. The van der Waals surface area contributed by atoms with Gasteiger partial charge in [0.2, 0.25) is 0 Å². The van der Waals surface area contributed by atoms with Crippen molar-refractivity contribution in [1.82, 2.24) is 4.90 Å². The first kappa shape index (κ1) is 19.4. The van der Waals surface area contributed by atoms with Gasteiger partial charge in [-0.25, -0.2) is 4.79 Å². The molecule has 0 aromatic heterocycles. The molecule has 0 spiro atoms. The highest BCUT2D eigenvalue weighted by Gasteiger charge is 2.18. The summed E-state index contributed by atoms with van der Waals surface area (Å²) in [6, 6.07) is 8.94. The Morgan fingerprint density at radius 3 is 2.33 bits per heavy atom. The molecule has 27 heavy (non-hydrogen) atoms. The van der Waals surface area contributed by atoms with E-state index in [9.17, 15) is 9.59 Å². The number of carbonyl (C=O) groups is 2. The summed E-state index contributed by atoms with van der Waals surface area (Å²) in [5.41, 5.74) is 0.000422. The largest absolute Gasteiger partial charge is 0.457 e. The van der Waals surface area contributed by atoms with E-state index < -0.39 is 23.5 Å². The predicted octanol–water partition coefficient (Wildman–Crippen LogP) is 3.90. The minimum atomic E-state index is -0.901. The fraction of sp³-hybridized carbons (Fsp3) is 0.455. The van der Waals surface area contributed by atoms with Gasteiger partial charge < -0.3 is 14.4 Å². The number of ether oxygens (including phenoxy) is 2. The molecule has 0 fully saturated rings. The van der Waals surface area contributed by atoms with Gasteiger partial charge in [-0.15, -0.1) is 0 Å². The van der Waals surface area contributed by atoms with Crippen molar-refractivity contribution in [2.24, 2.45) is 0 Å². The van der Waals surface area contributed by atoms with Gasteiger partial charge in [0.1, 0.15) is 5.60 Å². The molecule has 0 saturated carbocycles. The van der Waals surface area contributed by atoms with Gasteiger partial charge in [0, 0.05) is 24.7 Å². The van der Waals surface area contributed by atoms with Crippen LogP contribution in [0, 0.1) is 0 Å². The zero-order chi connectivity index (χ0) is 22.0. The summed E-state index contributed by atoms with van der Waals surface area (Å²) in [5.74, 6) is -1.39. The van der Waals surface area contributed by atoms with Crippen molar-refractivity contribution in [2.75, 3.05) is 19.7 Å². The van der Waals surface area contributed by atoms with Crippen LogP contribution in [-0.2, 0) is 25.7 Å². The molecular formula is C22H31NO4. The third kappa shape index (κ3) is 9.20. The van der Waals surface area contributed by atoms with E-state index in [-0.39, 0.29) is 18.2 Å². The molecule has 148 valence electrons. The Hall–Kier alpha value is -2.40. The smallest absolute Gasteiger partial charge is 0.332 e. The van der Waals surface area contributed by atoms with Crippen molar-refractivity contribution in [2.45, 2.75) is 46.8 Å². The average Bonchev–Trinajstić information content (AvgIpc) is 2.66. The minimum absolute atomic E-state index is 0.00949. The molecule has 0 atom stereocenters. The zero-order valence-corrected chi connectivity index (χ0v) is 16.9. The summed E-state index contributed by atoms with van der Waals surface area (Å²) < 4.78 is 27.0. The molecule has 1 aromatic carbocycles. The number of hydrogen-bond acceptors (Lipinski definition) is 4. The van der Waals surface area contributed by atoms with Crippen molar-refractivity contribution >= 4 is 11.9 Å². The van der Waals surface area contributed by atoms with E-state index in [1.54, 1.807) is 20.8 Å². The van der Waals surface area contributed by atoms with Crippen LogP contribution in [0.5, 0.6) is 0 Å². The zero-order valence-electron chi connectivity index (χ0n) is 18.9. The third-order valence-electron chi connectivity index (χ3n) is 3.46. The number of nitrogens with zero attached hydrogens (tertiary/aromatic N) is 1. The van der Waals surface area contributed by atoms with Crippen LogP contribution < -0.4 is 0 Å². The second-order valence-electron chi connectivity index (χ2n) is 6.84. The molecule has 0 unspecified atom stereocenters. The number of esters is 1. The summed E-state index contributed by atoms with van der Waals surface area (Å²) in [5, 5.41) is 0. The van der Waals surface area contributed by atoms with Crippen LogP contribution in [0.4, 0.5) is 0 Å². The number of hydrogen-bond donors (Lipinski definition) is 0. The van der Waals surface area contributed by atoms with Crippen LogP contribution in [0.25, 0.3) is 0 Å². The van der Waals surface area contributed by atoms with Crippen LogP contribution in [0.3, 0.4) is 0 Å². The van der Waals surface area contributed by atoms with Crippen molar-refractivity contribution in [3.63, 3.8) is 0 Å². The Kier molecular flexibility index (Phi) is 8.13. The maximum atomic E-state index is 12.8.